The van der Waals surface area contributed by atoms with Gasteiger partial charge >= 0.3 is 0 Å². The summed E-state index contributed by atoms with van der Waals surface area (Å²) in [5, 5.41) is 3.39. The Morgan fingerprint density at radius 2 is 2.12 bits per heavy atom. The first-order valence-electron chi connectivity index (χ1n) is 5.16. The zero-order valence-electron chi connectivity index (χ0n) is 9.15. The fourth-order valence-corrected chi connectivity index (χ4v) is 1.95. The topological polar surface area (TPSA) is 29.9 Å². The van der Waals surface area contributed by atoms with Crippen molar-refractivity contribution in [3.63, 3.8) is 0 Å². The van der Waals surface area contributed by atoms with Crippen molar-refractivity contribution < 1.29 is 0 Å². The highest BCUT2D eigenvalue weighted by Crippen LogP contribution is 2.15. The number of nitrogens with zero attached hydrogens (tertiary/aromatic N) is 2. The molecule has 0 aliphatic heterocycles. The Morgan fingerprint density at radius 1 is 1.31 bits per heavy atom. The summed E-state index contributed by atoms with van der Waals surface area (Å²) in [6, 6.07) is 8.24. The molecule has 1 aromatic carbocycles. The molecule has 0 aliphatic rings. The number of aromatic nitrogens is 2. The molecule has 0 amide bonds. The van der Waals surface area contributed by atoms with Crippen molar-refractivity contribution in [2.24, 2.45) is 7.05 Å². The highest BCUT2D eigenvalue weighted by atomic mass is 79.9. The summed E-state index contributed by atoms with van der Waals surface area (Å²) >= 11 is 3.53. The second-order valence-electron chi connectivity index (χ2n) is 3.69. The zero-order valence-corrected chi connectivity index (χ0v) is 10.7. The minimum Gasteiger partial charge on any atom is -0.337 e. The van der Waals surface area contributed by atoms with Crippen LogP contribution >= 0.6 is 15.9 Å². The number of benzene rings is 1. The zero-order chi connectivity index (χ0) is 11.4. The van der Waals surface area contributed by atoms with Crippen LogP contribution in [0.2, 0.25) is 0 Å². The van der Waals surface area contributed by atoms with Crippen molar-refractivity contribution in [1.29, 1.82) is 0 Å². The first-order valence-corrected chi connectivity index (χ1v) is 5.96. The lowest BCUT2D eigenvalue weighted by Crippen LogP contribution is -2.14. The van der Waals surface area contributed by atoms with Gasteiger partial charge in [-0.2, -0.15) is 0 Å². The second-order valence-corrected chi connectivity index (χ2v) is 4.55. The Kier molecular flexibility index (Phi) is 3.74. The van der Waals surface area contributed by atoms with E-state index in [4.69, 9.17) is 0 Å². The van der Waals surface area contributed by atoms with E-state index in [9.17, 15) is 0 Å². The van der Waals surface area contributed by atoms with Gasteiger partial charge in [0.1, 0.15) is 0 Å². The van der Waals surface area contributed by atoms with Crippen LogP contribution < -0.4 is 5.32 Å². The molecule has 84 valence electrons. The van der Waals surface area contributed by atoms with Crippen molar-refractivity contribution >= 4 is 15.9 Å². The summed E-state index contributed by atoms with van der Waals surface area (Å²) in [7, 11) is 2.00. The van der Waals surface area contributed by atoms with Gasteiger partial charge in [0.25, 0.3) is 0 Å². The number of aryl methyl sites for hydroxylation is 1. The van der Waals surface area contributed by atoms with Gasteiger partial charge in [0.2, 0.25) is 0 Å². The van der Waals surface area contributed by atoms with Crippen LogP contribution in [0.3, 0.4) is 0 Å². The Hall–Kier alpha value is -1.13. The molecular formula is C12H14BrN3. The standard InChI is InChI=1S/C12H14BrN3/c1-16-9-15-8-11(16)7-14-6-10-4-2-3-5-12(10)13/h2-5,8-9,14H,6-7H2,1H3. The quantitative estimate of drug-likeness (QED) is 0.932. The maximum Gasteiger partial charge on any atom is 0.0945 e. The van der Waals surface area contributed by atoms with Gasteiger partial charge in [-0.1, -0.05) is 34.1 Å². The molecule has 0 unspecified atom stereocenters. The van der Waals surface area contributed by atoms with E-state index in [0.717, 1.165) is 17.6 Å². The van der Waals surface area contributed by atoms with Crippen molar-refractivity contribution in [1.82, 2.24) is 14.9 Å². The number of hydrogen-bond donors (Lipinski definition) is 1. The molecule has 3 nitrogen and oxygen atoms in total. The molecular weight excluding hydrogens is 266 g/mol. The normalized spacial score (nSPS) is 10.6. The molecule has 0 saturated heterocycles. The molecule has 0 fully saturated rings. The lowest BCUT2D eigenvalue weighted by atomic mass is 10.2. The van der Waals surface area contributed by atoms with Crippen LogP contribution in [0.5, 0.6) is 0 Å². The van der Waals surface area contributed by atoms with Crippen molar-refractivity contribution in [3.8, 4) is 0 Å². The summed E-state index contributed by atoms with van der Waals surface area (Å²) in [5.74, 6) is 0. The molecule has 16 heavy (non-hydrogen) atoms. The van der Waals surface area contributed by atoms with Crippen molar-refractivity contribution in [3.05, 3.63) is 52.5 Å². The van der Waals surface area contributed by atoms with E-state index in [-0.39, 0.29) is 0 Å². The van der Waals surface area contributed by atoms with E-state index in [0.29, 0.717) is 0 Å². The minimum absolute atomic E-state index is 0.831. The molecule has 0 saturated carbocycles. The van der Waals surface area contributed by atoms with Gasteiger partial charge in [-0.05, 0) is 11.6 Å². The van der Waals surface area contributed by atoms with E-state index < -0.39 is 0 Å². The lowest BCUT2D eigenvalue weighted by Gasteiger charge is -2.07. The average molecular weight is 280 g/mol. The molecule has 0 spiro atoms. The van der Waals surface area contributed by atoms with Gasteiger partial charge in [-0.25, -0.2) is 4.98 Å². The molecule has 0 atom stereocenters. The molecule has 4 heteroatoms. The van der Waals surface area contributed by atoms with Crippen LogP contribution in [-0.2, 0) is 20.1 Å². The minimum atomic E-state index is 0.831. The van der Waals surface area contributed by atoms with Gasteiger partial charge in [0.05, 0.1) is 12.0 Å². The van der Waals surface area contributed by atoms with E-state index in [2.05, 4.69) is 38.4 Å². The summed E-state index contributed by atoms with van der Waals surface area (Å²) in [6.07, 6.45) is 3.70. The first kappa shape index (κ1) is 11.4. The molecule has 0 radical (unpaired) electrons. The molecule has 1 N–H and O–H groups in total. The number of rotatable bonds is 4. The van der Waals surface area contributed by atoms with E-state index in [1.807, 2.05) is 36.3 Å². The van der Waals surface area contributed by atoms with E-state index in [1.165, 1.54) is 11.3 Å². The summed E-state index contributed by atoms with van der Waals surface area (Å²) in [6.45, 7) is 1.68. The predicted octanol–water partition coefficient (Wildman–Crippen LogP) is 2.47. The third-order valence-corrected chi connectivity index (χ3v) is 3.27. The fraction of sp³-hybridized carbons (Fsp3) is 0.250. The van der Waals surface area contributed by atoms with Crippen molar-refractivity contribution in [2.75, 3.05) is 0 Å². The third-order valence-electron chi connectivity index (χ3n) is 2.50. The van der Waals surface area contributed by atoms with E-state index in [1.54, 1.807) is 0 Å². The maximum atomic E-state index is 4.08. The monoisotopic (exact) mass is 279 g/mol. The predicted molar refractivity (Wildman–Crippen MR) is 67.9 cm³/mol. The molecule has 1 heterocycles. The SMILES string of the molecule is Cn1cncc1CNCc1ccccc1Br. The molecule has 2 aromatic rings. The van der Waals surface area contributed by atoms with Gasteiger partial charge < -0.3 is 9.88 Å². The smallest absolute Gasteiger partial charge is 0.0945 e. The van der Waals surface area contributed by atoms with Crippen LogP contribution in [0.15, 0.2) is 41.3 Å². The largest absolute Gasteiger partial charge is 0.337 e. The molecule has 0 aliphatic carbocycles. The van der Waals surface area contributed by atoms with Gasteiger partial charge in [-0.3, -0.25) is 0 Å². The third kappa shape index (κ3) is 2.71. The Morgan fingerprint density at radius 3 is 2.81 bits per heavy atom. The van der Waals surface area contributed by atoms with Crippen LogP contribution in [0.1, 0.15) is 11.3 Å². The van der Waals surface area contributed by atoms with Gasteiger partial charge in [-0.15, -0.1) is 0 Å². The summed E-state index contributed by atoms with van der Waals surface area (Å²) < 4.78 is 3.17. The van der Waals surface area contributed by atoms with Crippen molar-refractivity contribution in [2.45, 2.75) is 13.1 Å². The number of imidazole rings is 1. The van der Waals surface area contributed by atoms with Gasteiger partial charge in [0.15, 0.2) is 0 Å². The molecule has 0 bridgehead atoms. The van der Waals surface area contributed by atoms with Crippen LogP contribution in [0.25, 0.3) is 0 Å². The first-order chi connectivity index (χ1) is 7.77. The second kappa shape index (κ2) is 5.27. The number of halogens is 1. The van der Waals surface area contributed by atoms with Crippen LogP contribution in [0.4, 0.5) is 0 Å². The Labute approximate surface area is 104 Å². The fourth-order valence-electron chi connectivity index (χ4n) is 1.52. The number of hydrogen-bond acceptors (Lipinski definition) is 2. The van der Waals surface area contributed by atoms with Crippen LogP contribution in [0, 0.1) is 0 Å². The van der Waals surface area contributed by atoms with Crippen LogP contribution in [-0.4, -0.2) is 9.55 Å². The summed E-state index contributed by atoms with van der Waals surface area (Å²) in [4.78, 5) is 4.08. The molecule has 1 aromatic heterocycles. The average Bonchev–Trinajstić information content (AvgIpc) is 2.67. The molecule has 2 rings (SSSR count). The van der Waals surface area contributed by atoms with E-state index >= 15 is 0 Å². The lowest BCUT2D eigenvalue weighted by molar-refractivity contribution is 0.654. The Bertz CT molecular complexity index is 465. The highest BCUT2D eigenvalue weighted by Gasteiger charge is 2.00. The Balaban J connectivity index is 1.89. The highest BCUT2D eigenvalue weighted by molar-refractivity contribution is 9.10. The van der Waals surface area contributed by atoms with Gasteiger partial charge in [0, 0.05) is 30.8 Å². The maximum absolute atomic E-state index is 4.08. The number of nitrogens with one attached hydrogen (secondary N) is 1. The summed E-state index contributed by atoms with van der Waals surface area (Å²) in [5.41, 5.74) is 2.46.